The lowest BCUT2D eigenvalue weighted by Gasteiger charge is -2.39. The van der Waals surface area contributed by atoms with E-state index in [1.165, 1.54) is 11.0 Å². The Morgan fingerprint density at radius 3 is 2.31 bits per heavy atom. The molecule has 0 saturated heterocycles. The predicted molar refractivity (Wildman–Crippen MR) is 113 cm³/mol. The number of benzene rings is 2. The second-order valence-electron chi connectivity index (χ2n) is 7.14. The molecular formula is C22H24Cl2FNO3. The summed E-state index contributed by atoms with van der Waals surface area (Å²) >= 11 is 12.3. The lowest BCUT2D eigenvalue weighted by molar-refractivity contribution is -0.141. The average molecular weight is 440 g/mol. The number of halogens is 3. The minimum atomic E-state index is -0.918. The van der Waals surface area contributed by atoms with Crippen molar-refractivity contribution in [1.82, 2.24) is 4.90 Å². The zero-order chi connectivity index (χ0) is 21.6. The number of carbonyl (C=O) groups is 2. The van der Waals surface area contributed by atoms with Crippen LogP contribution in [0.3, 0.4) is 0 Å². The Morgan fingerprint density at radius 2 is 1.72 bits per heavy atom. The third-order valence-electron chi connectivity index (χ3n) is 4.65. The molecule has 0 aliphatic rings. The molecule has 2 rings (SSSR count). The van der Waals surface area contributed by atoms with Gasteiger partial charge in [-0.2, -0.15) is 0 Å². The summed E-state index contributed by atoms with van der Waals surface area (Å²) < 4.78 is 19.3. The number of rotatable bonds is 9. The SMILES string of the molecule is CCOCC(=O)CN(C(=O)Cc1ccccc1F)C(C)(C)c1cc(Cl)cc(Cl)c1. The summed E-state index contributed by atoms with van der Waals surface area (Å²) in [4.78, 5) is 27.0. The van der Waals surface area contributed by atoms with Gasteiger partial charge in [-0.3, -0.25) is 9.59 Å². The molecule has 0 atom stereocenters. The van der Waals surface area contributed by atoms with E-state index in [1.807, 2.05) is 0 Å². The van der Waals surface area contributed by atoms with Crippen molar-refractivity contribution in [2.75, 3.05) is 19.8 Å². The van der Waals surface area contributed by atoms with Gasteiger partial charge in [0.15, 0.2) is 5.78 Å². The summed E-state index contributed by atoms with van der Waals surface area (Å²) in [6.07, 6.45) is -0.174. The van der Waals surface area contributed by atoms with E-state index >= 15 is 0 Å². The van der Waals surface area contributed by atoms with Gasteiger partial charge in [0, 0.05) is 16.7 Å². The zero-order valence-corrected chi connectivity index (χ0v) is 18.2. The van der Waals surface area contributed by atoms with Crippen molar-refractivity contribution >= 4 is 34.9 Å². The van der Waals surface area contributed by atoms with Gasteiger partial charge >= 0.3 is 0 Å². The van der Waals surface area contributed by atoms with Crippen LogP contribution in [0, 0.1) is 5.82 Å². The minimum Gasteiger partial charge on any atom is -0.374 e. The first-order valence-electron chi connectivity index (χ1n) is 9.25. The molecule has 0 aliphatic heterocycles. The normalized spacial score (nSPS) is 11.4. The molecule has 0 aromatic heterocycles. The summed E-state index contributed by atoms with van der Waals surface area (Å²) in [7, 11) is 0. The van der Waals surface area contributed by atoms with Gasteiger partial charge in [-0.25, -0.2) is 4.39 Å². The fourth-order valence-corrected chi connectivity index (χ4v) is 3.52. The Hall–Kier alpha value is -1.95. The van der Waals surface area contributed by atoms with Gasteiger partial charge in [-0.1, -0.05) is 41.4 Å². The molecule has 0 radical (unpaired) electrons. The lowest BCUT2D eigenvalue weighted by atomic mass is 9.91. The smallest absolute Gasteiger partial charge is 0.228 e. The number of ketones is 1. The topological polar surface area (TPSA) is 46.6 Å². The van der Waals surface area contributed by atoms with Crippen LogP contribution in [0.1, 0.15) is 31.9 Å². The minimum absolute atomic E-state index is 0.105. The molecular weight excluding hydrogens is 416 g/mol. The zero-order valence-electron chi connectivity index (χ0n) is 16.7. The van der Waals surface area contributed by atoms with E-state index in [0.29, 0.717) is 22.2 Å². The first kappa shape index (κ1) is 23.3. The van der Waals surface area contributed by atoms with E-state index in [1.54, 1.807) is 57.2 Å². The predicted octanol–water partition coefficient (Wildman–Crippen LogP) is 5.04. The molecule has 0 N–H and O–H groups in total. The van der Waals surface area contributed by atoms with E-state index < -0.39 is 11.4 Å². The highest BCUT2D eigenvalue weighted by Gasteiger charge is 2.34. The second-order valence-corrected chi connectivity index (χ2v) is 8.01. The van der Waals surface area contributed by atoms with Crippen molar-refractivity contribution in [3.05, 3.63) is 69.5 Å². The number of carbonyl (C=O) groups excluding carboxylic acids is 2. The van der Waals surface area contributed by atoms with Crippen molar-refractivity contribution in [3.63, 3.8) is 0 Å². The molecule has 0 bridgehead atoms. The number of ether oxygens (including phenoxy) is 1. The Labute approximate surface area is 180 Å². The first-order valence-corrected chi connectivity index (χ1v) is 10.0. The highest BCUT2D eigenvalue weighted by molar-refractivity contribution is 6.34. The molecule has 1 amide bonds. The van der Waals surface area contributed by atoms with Crippen LogP contribution in [0.5, 0.6) is 0 Å². The molecule has 156 valence electrons. The number of nitrogens with zero attached hydrogens (tertiary/aromatic N) is 1. The molecule has 4 nitrogen and oxygen atoms in total. The first-order chi connectivity index (χ1) is 13.6. The van der Waals surface area contributed by atoms with Crippen molar-refractivity contribution in [1.29, 1.82) is 0 Å². The van der Waals surface area contributed by atoms with Crippen LogP contribution < -0.4 is 0 Å². The van der Waals surface area contributed by atoms with Gasteiger partial charge in [0.25, 0.3) is 0 Å². The maximum atomic E-state index is 14.1. The highest BCUT2D eigenvalue weighted by Crippen LogP contribution is 2.32. The van der Waals surface area contributed by atoms with Crippen LogP contribution in [-0.2, 0) is 26.3 Å². The summed E-state index contributed by atoms with van der Waals surface area (Å²) in [5.41, 5.74) is 0.0134. The van der Waals surface area contributed by atoms with E-state index in [0.717, 1.165) is 0 Å². The van der Waals surface area contributed by atoms with E-state index in [9.17, 15) is 14.0 Å². The molecule has 0 saturated carbocycles. The summed E-state index contributed by atoms with van der Waals surface area (Å²) in [6, 6.07) is 11.1. The Bertz CT molecular complexity index is 866. The fraction of sp³-hybridized carbons (Fsp3) is 0.364. The van der Waals surface area contributed by atoms with Crippen LogP contribution in [0.15, 0.2) is 42.5 Å². The quantitative estimate of drug-likeness (QED) is 0.549. The molecule has 0 unspecified atom stereocenters. The van der Waals surface area contributed by atoms with E-state index in [2.05, 4.69) is 0 Å². The van der Waals surface area contributed by atoms with Gasteiger partial charge in [0.05, 0.1) is 18.5 Å². The third kappa shape index (κ3) is 6.26. The maximum absolute atomic E-state index is 14.1. The van der Waals surface area contributed by atoms with Crippen LogP contribution in [0.25, 0.3) is 0 Å². The molecule has 0 heterocycles. The standard InChI is InChI=1S/C22H24Cl2FNO3/c1-4-29-14-19(27)13-26(21(28)9-15-7-5-6-8-20(15)25)22(2,3)16-10-17(23)12-18(24)11-16/h5-8,10-12H,4,9,13-14H2,1-3H3. The highest BCUT2D eigenvalue weighted by atomic mass is 35.5. The van der Waals surface area contributed by atoms with E-state index in [-0.39, 0.29) is 36.8 Å². The fourth-order valence-electron chi connectivity index (χ4n) is 3.00. The van der Waals surface area contributed by atoms with Gasteiger partial charge < -0.3 is 9.64 Å². The van der Waals surface area contributed by atoms with Crippen LogP contribution in [0.2, 0.25) is 10.0 Å². The number of hydrogen-bond donors (Lipinski definition) is 0. The Balaban J connectivity index is 2.38. The van der Waals surface area contributed by atoms with Gasteiger partial charge in [-0.15, -0.1) is 0 Å². The van der Waals surface area contributed by atoms with Crippen molar-refractivity contribution in [2.45, 2.75) is 32.7 Å². The van der Waals surface area contributed by atoms with Crippen LogP contribution in [-0.4, -0.2) is 36.3 Å². The number of Topliss-reactive ketones (excluding diaryl/α,β-unsaturated/α-hetero) is 1. The summed E-state index contributed by atoms with van der Waals surface area (Å²) in [5.74, 6) is -1.11. The molecule has 2 aromatic carbocycles. The molecule has 0 fully saturated rings. The Kier molecular flexibility index (Phi) is 8.20. The second kappa shape index (κ2) is 10.2. The van der Waals surface area contributed by atoms with Gasteiger partial charge in [-0.05, 0) is 56.2 Å². The van der Waals surface area contributed by atoms with Crippen molar-refractivity contribution < 1.29 is 18.7 Å². The summed E-state index contributed by atoms with van der Waals surface area (Å²) in [5, 5.41) is 0.838. The molecule has 0 spiro atoms. The lowest BCUT2D eigenvalue weighted by Crippen LogP contribution is -2.49. The largest absolute Gasteiger partial charge is 0.374 e. The number of amides is 1. The molecule has 0 aliphatic carbocycles. The van der Waals surface area contributed by atoms with Gasteiger partial charge in [0.1, 0.15) is 12.4 Å². The Morgan fingerprint density at radius 1 is 1.10 bits per heavy atom. The van der Waals surface area contributed by atoms with E-state index in [4.69, 9.17) is 27.9 Å². The van der Waals surface area contributed by atoms with Crippen molar-refractivity contribution in [3.8, 4) is 0 Å². The maximum Gasteiger partial charge on any atom is 0.228 e. The van der Waals surface area contributed by atoms with Gasteiger partial charge in [0.2, 0.25) is 5.91 Å². The molecule has 2 aromatic rings. The molecule has 7 heteroatoms. The average Bonchev–Trinajstić information content (AvgIpc) is 2.65. The third-order valence-corrected chi connectivity index (χ3v) is 5.08. The monoisotopic (exact) mass is 439 g/mol. The van der Waals surface area contributed by atoms with Crippen LogP contribution >= 0.6 is 23.2 Å². The number of hydrogen-bond acceptors (Lipinski definition) is 3. The molecule has 29 heavy (non-hydrogen) atoms. The van der Waals surface area contributed by atoms with Crippen molar-refractivity contribution in [2.24, 2.45) is 0 Å². The van der Waals surface area contributed by atoms with Crippen LogP contribution in [0.4, 0.5) is 4.39 Å². The summed E-state index contributed by atoms with van der Waals surface area (Å²) in [6.45, 7) is 5.48.